The number of aliphatic hydroxyl groups is 1. The molecule has 1 unspecified atom stereocenters. The zero-order chi connectivity index (χ0) is 24.6. The number of ketones is 1. The standard InChI is InChI=1S/C26H21Cl2NO5/c1-14-4-9-17(12-20(14)28)29-23(15-5-7-16(27)8-6-15)22(25(31)26(29)32)24(30)19-13-18(33-2)10-11-21(19)34-3/h4-13,23,30H,1-3H3/b24-22+. The molecule has 1 aliphatic heterocycles. The summed E-state index contributed by atoms with van der Waals surface area (Å²) in [6.45, 7) is 1.84. The number of carbonyl (C=O) groups is 2. The fourth-order valence-corrected chi connectivity index (χ4v) is 4.24. The number of aryl methyl sites for hydroxylation is 1. The summed E-state index contributed by atoms with van der Waals surface area (Å²) < 4.78 is 10.7. The van der Waals surface area contributed by atoms with E-state index in [0.717, 1.165) is 5.56 Å². The second-order valence-electron chi connectivity index (χ2n) is 7.72. The van der Waals surface area contributed by atoms with Gasteiger partial charge in [-0.15, -0.1) is 0 Å². The van der Waals surface area contributed by atoms with Crippen LogP contribution in [-0.4, -0.2) is 31.0 Å². The highest BCUT2D eigenvalue weighted by Gasteiger charge is 2.47. The zero-order valence-electron chi connectivity index (χ0n) is 18.6. The monoisotopic (exact) mass is 497 g/mol. The summed E-state index contributed by atoms with van der Waals surface area (Å²) in [6.07, 6.45) is 0. The molecule has 3 aromatic carbocycles. The molecular formula is C26H21Cl2NO5. The second kappa shape index (κ2) is 9.41. The molecule has 4 rings (SSSR count). The Morgan fingerprint density at radius 2 is 1.65 bits per heavy atom. The van der Waals surface area contributed by atoms with Gasteiger partial charge in [0, 0.05) is 15.7 Å². The molecule has 1 heterocycles. The van der Waals surface area contributed by atoms with Crippen LogP contribution in [0.4, 0.5) is 5.69 Å². The number of Topliss-reactive ketones (excluding diaryl/α,β-unsaturated/α-hetero) is 1. The van der Waals surface area contributed by atoms with E-state index in [0.29, 0.717) is 32.8 Å². The van der Waals surface area contributed by atoms with Crippen molar-refractivity contribution < 1.29 is 24.2 Å². The number of halogens is 2. The van der Waals surface area contributed by atoms with Crippen LogP contribution < -0.4 is 14.4 Å². The minimum absolute atomic E-state index is 0.0874. The highest BCUT2D eigenvalue weighted by Crippen LogP contribution is 2.44. The van der Waals surface area contributed by atoms with Crippen molar-refractivity contribution in [1.82, 2.24) is 0 Å². The Labute approximate surface area is 206 Å². The minimum Gasteiger partial charge on any atom is -0.507 e. The predicted octanol–water partition coefficient (Wildman–Crippen LogP) is 5.95. The summed E-state index contributed by atoms with van der Waals surface area (Å²) in [6, 6.07) is 15.7. The van der Waals surface area contributed by atoms with E-state index in [1.54, 1.807) is 60.7 Å². The van der Waals surface area contributed by atoms with Crippen molar-refractivity contribution in [1.29, 1.82) is 0 Å². The Balaban J connectivity index is 1.99. The molecule has 6 nitrogen and oxygen atoms in total. The molecule has 1 amide bonds. The van der Waals surface area contributed by atoms with E-state index in [2.05, 4.69) is 0 Å². The SMILES string of the molecule is COc1ccc(OC)c(/C(O)=C2\C(=O)C(=O)N(c3ccc(C)c(Cl)c3)C2c2ccc(Cl)cc2)c1. The van der Waals surface area contributed by atoms with Crippen molar-refractivity contribution in [3.63, 3.8) is 0 Å². The molecule has 1 N–H and O–H groups in total. The van der Waals surface area contributed by atoms with Crippen LogP contribution in [0.1, 0.15) is 22.7 Å². The van der Waals surface area contributed by atoms with E-state index in [1.807, 2.05) is 6.92 Å². The fraction of sp³-hybridized carbons (Fsp3) is 0.154. The van der Waals surface area contributed by atoms with E-state index in [1.165, 1.54) is 19.1 Å². The number of ether oxygens (including phenoxy) is 2. The van der Waals surface area contributed by atoms with Crippen molar-refractivity contribution in [3.8, 4) is 11.5 Å². The van der Waals surface area contributed by atoms with Crippen molar-refractivity contribution in [3.05, 3.63) is 93.0 Å². The van der Waals surface area contributed by atoms with Gasteiger partial charge >= 0.3 is 0 Å². The van der Waals surface area contributed by atoms with E-state index < -0.39 is 17.7 Å². The minimum atomic E-state index is -0.924. The Morgan fingerprint density at radius 1 is 0.941 bits per heavy atom. The number of benzene rings is 3. The van der Waals surface area contributed by atoms with Crippen LogP contribution in [0.3, 0.4) is 0 Å². The molecule has 3 aromatic rings. The Bertz CT molecular complexity index is 1320. The van der Waals surface area contributed by atoms with Crippen molar-refractivity contribution in [2.45, 2.75) is 13.0 Å². The lowest BCUT2D eigenvalue weighted by Gasteiger charge is -2.26. The maximum atomic E-state index is 13.3. The molecule has 0 aliphatic carbocycles. The Kier molecular flexibility index (Phi) is 6.55. The summed E-state index contributed by atoms with van der Waals surface area (Å²) in [5.41, 5.74) is 1.97. The van der Waals surface area contributed by atoms with Crippen molar-refractivity contribution in [2.75, 3.05) is 19.1 Å². The molecule has 0 saturated carbocycles. The molecule has 0 radical (unpaired) electrons. The summed E-state index contributed by atoms with van der Waals surface area (Å²) in [4.78, 5) is 27.9. The van der Waals surface area contributed by atoms with Gasteiger partial charge in [0.25, 0.3) is 11.7 Å². The molecule has 174 valence electrons. The summed E-state index contributed by atoms with van der Waals surface area (Å²) in [5, 5.41) is 12.3. The molecule has 0 bridgehead atoms. The maximum Gasteiger partial charge on any atom is 0.300 e. The van der Waals surface area contributed by atoms with Crippen LogP contribution in [0, 0.1) is 6.92 Å². The molecule has 1 fully saturated rings. The first-order valence-corrected chi connectivity index (χ1v) is 11.1. The molecule has 0 spiro atoms. The lowest BCUT2D eigenvalue weighted by atomic mass is 9.94. The smallest absolute Gasteiger partial charge is 0.300 e. The highest BCUT2D eigenvalue weighted by atomic mass is 35.5. The van der Waals surface area contributed by atoms with Crippen LogP contribution in [0.15, 0.2) is 66.2 Å². The van der Waals surface area contributed by atoms with Crippen LogP contribution in [0.25, 0.3) is 5.76 Å². The highest BCUT2D eigenvalue weighted by molar-refractivity contribution is 6.52. The molecular weight excluding hydrogens is 477 g/mol. The first kappa shape index (κ1) is 23.7. The number of hydrogen-bond donors (Lipinski definition) is 1. The molecule has 1 aliphatic rings. The number of methoxy groups -OCH3 is 2. The van der Waals surface area contributed by atoms with Gasteiger partial charge in [-0.2, -0.15) is 0 Å². The first-order chi connectivity index (χ1) is 16.3. The van der Waals surface area contributed by atoms with Crippen LogP contribution in [-0.2, 0) is 9.59 Å². The summed E-state index contributed by atoms with van der Waals surface area (Å²) in [5.74, 6) is -1.24. The lowest BCUT2D eigenvalue weighted by molar-refractivity contribution is -0.132. The number of anilines is 1. The largest absolute Gasteiger partial charge is 0.507 e. The van der Waals surface area contributed by atoms with Gasteiger partial charge in [-0.25, -0.2) is 0 Å². The van der Waals surface area contributed by atoms with Crippen LogP contribution in [0.2, 0.25) is 10.0 Å². The van der Waals surface area contributed by atoms with Gasteiger partial charge in [-0.05, 0) is 60.5 Å². The number of amides is 1. The van der Waals surface area contributed by atoms with E-state index in [-0.39, 0.29) is 16.9 Å². The number of aliphatic hydroxyl groups excluding tert-OH is 1. The predicted molar refractivity (Wildman–Crippen MR) is 132 cm³/mol. The quantitative estimate of drug-likeness (QED) is 0.268. The first-order valence-electron chi connectivity index (χ1n) is 10.3. The van der Waals surface area contributed by atoms with Gasteiger partial charge in [0.05, 0.1) is 31.4 Å². The normalized spacial score (nSPS) is 17.2. The molecule has 34 heavy (non-hydrogen) atoms. The van der Waals surface area contributed by atoms with Gasteiger partial charge in [0.15, 0.2) is 0 Å². The van der Waals surface area contributed by atoms with Gasteiger partial charge in [-0.1, -0.05) is 41.4 Å². The average Bonchev–Trinajstić information content (AvgIpc) is 3.10. The van der Waals surface area contributed by atoms with Crippen molar-refractivity contribution >= 4 is 46.3 Å². The van der Waals surface area contributed by atoms with Crippen molar-refractivity contribution in [2.24, 2.45) is 0 Å². The number of nitrogens with zero attached hydrogens (tertiary/aromatic N) is 1. The van der Waals surface area contributed by atoms with E-state index in [4.69, 9.17) is 32.7 Å². The maximum absolute atomic E-state index is 13.3. The van der Waals surface area contributed by atoms with Gasteiger partial charge in [0.1, 0.15) is 17.3 Å². The third kappa shape index (κ3) is 4.11. The third-order valence-corrected chi connectivity index (χ3v) is 6.38. The third-order valence-electron chi connectivity index (χ3n) is 5.73. The zero-order valence-corrected chi connectivity index (χ0v) is 20.1. The topological polar surface area (TPSA) is 76.1 Å². The molecule has 1 saturated heterocycles. The van der Waals surface area contributed by atoms with Gasteiger partial charge < -0.3 is 14.6 Å². The number of carbonyl (C=O) groups excluding carboxylic acids is 2. The molecule has 1 atom stereocenters. The van der Waals surface area contributed by atoms with E-state index >= 15 is 0 Å². The van der Waals surface area contributed by atoms with Crippen LogP contribution >= 0.6 is 23.2 Å². The number of hydrogen-bond acceptors (Lipinski definition) is 5. The van der Waals surface area contributed by atoms with Gasteiger partial charge in [0.2, 0.25) is 0 Å². The Morgan fingerprint density at radius 3 is 2.26 bits per heavy atom. The lowest BCUT2D eigenvalue weighted by Crippen LogP contribution is -2.29. The fourth-order valence-electron chi connectivity index (χ4n) is 3.94. The van der Waals surface area contributed by atoms with Gasteiger partial charge in [-0.3, -0.25) is 14.5 Å². The molecule has 8 heteroatoms. The number of rotatable bonds is 5. The summed E-state index contributed by atoms with van der Waals surface area (Å²) >= 11 is 12.4. The van der Waals surface area contributed by atoms with E-state index in [9.17, 15) is 14.7 Å². The summed E-state index contributed by atoms with van der Waals surface area (Å²) in [7, 11) is 2.93. The molecule has 0 aromatic heterocycles. The average molecular weight is 498 g/mol. The van der Waals surface area contributed by atoms with Crippen LogP contribution in [0.5, 0.6) is 11.5 Å². The Hall–Kier alpha value is -3.48. The second-order valence-corrected chi connectivity index (χ2v) is 8.56.